The molecule has 0 heterocycles. The van der Waals surface area contributed by atoms with Crippen LogP contribution in [0.15, 0.2) is 78.9 Å². The molecule has 2 amide bonds. The first-order valence-electron chi connectivity index (χ1n) is 7.82. The molecule has 0 saturated carbocycles. The molecule has 5 nitrogen and oxygen atoms in total. The molecule has 2 N–H and O–H groups in total. The Morgan fingerprint density at radius 1 is 0.692 bits per heavy atom. The third kappa shape index (κ3) is 4.40. The Labute approximate surface area is 155 Å². The zero-order chi connectivity index (χ0) is 18.4. The predicted octanol–water partition coefficient (Wildman–Crippen LogP) is 4.71. The minimum Gasteiger partial charge on any atom is -0.455 e. The lowest BCUT2D eigenvalue weighted by Crippen LogP contribution is -2.29. The topological polar surface area (TPSA) is 67.4 Å². The van der Waals surface area contributed by atoms with Gasteiger partial charge in [-0.25, -0.2) is 0 Å². The maximum Gasteiger partial charge on any atom is 0.314 e. The summed E-state index contributed by atoms with van der Waals surface area (Å²) in [5, 5.41) is 5.38. The number of ether oxygens (including phenoxy) is 1. The van der Waals surface area contributed by atoms with Gasteiger partial charge in [0.25, 0.3) is 0 Å². The van der Waals surface area contributed by atoms with Gasteiger partial charge in [-0.05, 0) is 36.4 Å². The molecule has 0 radical (unpaired) electrons. The van der Waals surface area contributed by atoms with Gasteiger partial charge in [-0.1, -0.05) is 54.1 Å². The molecule has 6 heteroatoms. The molecule has 0 aliphatic heterocycles. The lowest BCUT2D eigenvalue weighted by Gasteiger charge is -2.12. The largest absolute Gasteiger partial charge is 0.455 e. The molecule has 0 aliphatic carbocycles. The van der Waals surface area contributed by atoms with Gasteiger partial charge in [-0.15, -0.1) is 0 Å². The number of hydrogen-bond donors (Lipinski definition) is 2. The molecule has 0 unspecified atom stereocenters. The van der Waals surface area contributed by atoms with Crippen molar-refractivity contribution in [1.82, 2.24) is 0 Å². The number of rotatable bonds is 4. The lowest BCUT2D eigenvalue weighted by molar-refractivity contribution is -0.133. The first kappa shape index (κ1) is 17.5. The molecule has 0 atom stereocenters. The van der Waals surface area contributed by atoms with Crippen LogP contribution in [0, 0.1) is 0 Å². The quantitative estimate of drug-likeness (QED) is 0.657. The minimum absolute atomic E-state index is 0.349. The fourth-order valence-electron chi connectivity index (χ4n) is 2.20. The van der Waals surface area contributed by atoms with Gasteiger partial charge >= 0.3 is 11.8 Å². The first-order valence-corrected chi connectivity index (χ1v) is 8.20. The van der Waals surface area contributed by atoms with Crippen LogP contribution in [0.4, 0.5) is 11.4 Å². The molecule has 3 rings (SSSR count). The van der Waals surface area contributed by atoms with E-state index in [2.05, 4.69) is 10.6 Å². The highest BCUT2D eigenvalue weighted by Gasteiger charge is 2.17. The Balaban J connectivity index is 1.71. The number of anilines is 2. The standard InChI is InChI=1S/C20H15ClN2O3/c21-15-10-4-5-11-16(15)22-19(24)20(25)23-17-12-6-7-13-18(17)26-14-8-2-1-3-9-14/h1-13H,(H,22,24)(H,23,25). The maximum absolute atomic E-state index is 12.2. The molecule has 0 spiro atoms. The Bertz CT molecular complexity index is 929. The van der Waals surface area contributed by atoms with Crippen molar-refractivity contribution in [2.45, 2.75) is 0 Å². The number of hydrogen-bond acceptors (Lipinski definition) is 3. The Kier molecular flexibility index (Phi) is 5.51. The van der Waals surface area contributed by atoms with Gasteiger partial charge in [-0.2, -0.15) is 0 Å². The number of benzene rings is 3. The molecule has 3 aromatic rings. The van der Waals surface area contributed by atoms with Crippen LogP contribution in [-0.2, 0) is 9.59 Å². The van der Waals surface area contributed by atoms with Crippen LogP contribution >= 0.6 is 11.6 Å². The van der Waals surface area contributed by atoms with Gasteiger partial charge in [0.05, 0.1) is 16.4 Å². The van der Waals surface area contributed by atoms with Crippen molar-refractivity contribution in [1.29, 1.82) is 0 Å². The van der Waals surface area contributed by atoms with Crippen molar-refractivity contribution in [3.8, 4) is 11.5 Å². The number of halogens is 1. The minimum atomic E-state index is -0.826. The summed E-state index contributed by atoms with van der Waals surface area (Å²) in [4.78, 5) is 24.3. The molecule has 3 aromatic carbocycles. The van der Waals surface area contributed by atoms with E-state index in [9.17, 15) is 9.59 Å². The average Bonchev–Trinajstić information content (AvgIpc) is 2.66. The van der Waals surface area contributed by atoms with Gasteiger partial charge < -0.3 is 15.4 Å². The monoisotopic (exact) mass is 366 g/mol. The number of amides is 2. The first-order chi connectivity index (χ1) is 12.6. The summed E-state index contributed by atoms with van der Waals surface area (Å²) in [5.74, 6) is -0.603. The third-order valence-electron chi connectivity index (χ3n) is 3.43. The van der Waals surface area contributed by atoms with Crippen LogP contribution in [0.5, 0.6) is 11.5 Å². The van der Waals surface area contributed by atoms with Crippen LogP contribution in [-0.4, -0.2) is 11.8 Å². The third-order valence-corrected chi connectivity index (χ3v) is 3.76. The van der Waals surface area contributed by atoms with Crippen LogP contribution in [0.25, 0.3) is 0 Å². The molecule has 130 valence electrons. The summed E-state index contributed by atoms with van der Waals surface area (Å²) in [6.45, 7) is 0. The molecule has 0 fully saturated rings. The average molecular weight is 367 g/mol. The molecule has 0 saturated heterocycles. The second kappa shape index (κ2) is 8.18. The summed E-state index contributed by atoms with van der Waals surface area (Å²) in [6, 6.07) is 22.7. The molecular weight excluding hydrogens is 352 g/mol. The number of carbonyl (C=O) groups excluding carboxylic acids is 2. The van der Waals surface area contributed by atoms with E-state index in [0.29, 0.717) is 27.9 Å². The fraction of sp³-hybridized carbons (Fsp3) is 0. The van der Waals surface area contributed by atoms with E-state index in [1.54, 1.807) is 60.7 Å². The highest BCUT2D eigenvalue weighted by Crippen LogP contribution is 2.29. The zero-order valence-electron chi connectivity index (χ0n) is 13.6. The second-order valence-electron chi connectivity index (χ2n) is 5.30. The van der Waals surface area contributed by atoms with Crippen LogP contribution in [0.2, 0.25) is 5.02 Å². The molecular formula is C20H15ClN2O3. The van der Waals surface area contributed by atoms with E-state index in [-0.39, 0.29) is 0 Å². The van der Waals surface area contributed by atoms with E-state index in [4.69, 9.17) is 16.3 Å². The number of para-hydroxylation sites is 4. The van der Waals surface area contributed by atoms with E-state index in [1.807, 2.05) is 18.2 Å². The Morgan fingerprint density at radius 2 is 1.23 bits per heavy atom. The Hall–Kier alpha value is -3.31. The van der Waals surface area contributed by atoms with E-state index < -0.39 is 11.8 Å². The van der Waals surface area contributed by atoms with Gasteiger partial charge in [0.2, 0.25) is 0 Å². The molecule has 0 bridgehead atoms. The highest BCUT2D eigenvalue weighted by molar-refractivity contribution is 6.45. The normalized spacial score (nSPS) is 10.0. The molecule has 26 heavy (non-hydrogen) atoms. The van der Waals surface area contributed by atoms with Crippen molar-refractivity contribution < 1.29 is 14.3 Å². The second-order valence-corrected chi connectivity index (χ2v) is 5.71. The smallest absolute Gasteiger partial charge is 0.314 e. The highest BCUT2D eigenvalue weighted by atomic mass is 35.5. The maximum atomic E-state index is 12.2. The van der Waals surface area contributed by atoms with Crippen molar-refractivity contribution in [3.05, 3.63) is 83.9 Å². The predicted molar refractivity (Wildman–Crippen MR) is 102 cm³/mol. The van der Waals surface area contributed by atoms with Crippen LogP contribution in [0.3, 0.4) is 0 Å². The van der Waals surface area contributed by atoms with Crippen molar-refractivity contribution in [3.63, 3.8) is 0 Å². The zero-order valence-corrected chi connectivity index (χ0v) is 14.4. The van der Waals surface area contributed by atoms with E-state index >= 15 is 0 Å². The SMILES string of the molecule is O=C(Nc1ccccc1Cl)C(=O)Nc1ccccc1Oc1ccccc1. The Morgan fingerprint density at radius 3 is 1.92 bits per heavy atom. The summed E-state index contributed by atoms with van der Waals surface area (Å²) >= 11 is 5.98. The lowest BCUT2D eigenvalue weighted by atomic mass is 10.2. The summed E-state index contributed by atoms with van der Waals surface area (Å²) in [7, 11) is 0. The molecule has 0 aromatic heterocycles. The summed E-state index contributed by atoms with van der Waals surface area (Å²) in [6.07, 6.45) is 0. The van der Waals surface area contributed by atoms with Crippen molar-refractivity contribution in [2.24, 2.45) is 0 Å². The summed E-state index contributed by atoms with van der Waals surface area (Å²) < 4.78 is 5.76. The van der Waals surface area contributed by atoms with Gasteiger partial charge in [0.15, 0.2) is 5.75 Å². The van der Waals surface area contributed by atoms with Crippen LogP contribution < -0.4 is 15.4 Å². The van der Waals surface area contributed by atoms with Gasteiger partial charge in [0, 0.05) is 0 Å². The van der Waals surface area contributed by atoms with E-state index in [1.165, 1.54) is 0 Å². The fourth-order valence-corrected chi connectivity index (χ4v) is 2.38. The molecule has 0 aliphatic rings. The van der Waals surface area contributed by atoms with E-state index in [0.717, 1.165) is 0 Å². The number of carbonyl (C=O) groups is 2. The van der Waals surface area contributed by atoms with Gasteiger partial charge in [-0.3, -0.25) is 9.59 Å². The summed E-state index contributed by atoms with van der Waals surface area (Å²) in [5.41, 5.74) is 0.749. The van der Waals surface area contributed by atoms with Crippen molar-refractivity contribution >= 4 is 34.8 Å². The van der Waals surface area contributed by atoms with Gasteiger partial charge in [0.1, 0.15) is 5.75 Å². The van der Waals surface area contributed by atoms with Crippen LogP contribution in [0.1, 0.15) is 0 Å². The van der Waals surface area contributed by atoms with Crippen molar-refractivity contribution in [2.75, 3.05) is 10.6 Å². The number of nitrogens with one attached hydrogen (secondary N) is 2.